The molecule has 0 N–H and O–H groups in total. The van der Waals surface area contributed by atoms with Gasteiger partial charge in [-0.2, -0.15) is 0 Å². The average Bonchev–Trinajstić information content (AvgIpc) is 2.30. The van der Waals surface area contributed by atoms with Crippen molar-refractivity contribution in [2.24, 2.45) is 0 Å². The van der Waals surface area contributed by atoms with Crippen molar-refractivity contribution in [3.05, 3.63) is 36.5 Å². The van der Waals surface area contributed by atoms with Gasteiger partial charge in [0, 0.05) is 18.2 Å². The number of pyridine rings is 1. The van der Waals surface area contributed by atoms with Crippen LogP contribution < -0.4 is 4.74 Å². The largest absolute Gasteiger partial charge is 0.467 e. The van der Waals surface area contributed by atoms with Crippen LogP contribution in [0.5, 0.6) is 5.75 Å². The smallest absolute Gasteiger partial charge is 0.189 e. The van der Waals surface area contributed by atoms with E-state index in [9.17, 15) is 0 Å². The fraction of sp³-hybridized carbons (Fsp3) is 0.250. The van der Waals surface area contributed by atoms with Gasteiger partial charge in [-0.25, -0.2) is 0 Å². The quantitative estimate of drug-likeness (QED) is 0.565. The number of hydrogen-bond acceptors (Lipinski definition) is 3. The Labute approximate surface area is 88.7 Å². The molecule has 0 amide bonds. The first-order valence-electron chi connectivity index (χ1n) is 4.96. The maximum atomic E-state index is 5.50. The number of nitrogens with zero attached hydrogens (tertiary/aromatic N) is 1. The van der Waals surface area contributed by atoms with Gasteiger partial charge in [-0.05, 0) is 31.2 Å². The summed E-state index contributed by atoms with van der Waals surface area (Å²) in [5.74, 6) is 0.814. The van der Waals surface area contributed by atoms with Gasteiger partial charge in [0.05, 0.1) is 5.52 Å². The third-order valence-electron chi connectivity index (χ3n) is 2.11. The van der Waals surface area contributed by atoms with Crippen molar-refractivity contribution < 1.29 is 9.47 Å². The Morgan fingerprint density at radius 3 is 3.00 bits per heavy atom. The molecule has 0 aliphatic rings. The zero-order valence-corrected chi connectivity index (χ0v) is 8.64. The van der Waals surface area contributed by atoms with Crippen molar-refractivity contribution in [3.8, 4) is 5.75 Å². The van der Waals surface area contributed by atoms with Gasteiger partial charge in [0.15, 0.2) is 6.79 Å². The lowest BCUT2D eigenvalue weighted by molar-refractivity contribution is 0.0233. The second kappa shape index (κ2) is 4.75. The van der Waals surface area contributed by atoms with Gasteiger partial charge in [0.2, 0.25) is 0 Å². The van der Waals surface area contributed by atoms with E-state index in [1.165, 1.54) is 0 Å². The third kappa shape index (κ3) is 2.25. The highest BCUT2D eigenvalue weighted by Gasteiger charge is 2.00. The van der Waals surface area contributed by atoms with Crippen molar-refractivity contribution in [1.29, 1.82) is 0 Å². The molecule has 15 heavy (non-hydrogen) atoms. The summed E-state index contributed by atoms with van der Waals surface area (Å²) in [4.78, 5) is 4.25. The summed E-state index contributed by atoms with van der Waals surface area (Å²) in [6, 6.07) is 9.70. The van der Waals surface area contributed by atoms with Crippen LogP contribution in [-0.2, 0) is 4.74 Å². The molecule has 0 aliphatic carbocycles. The highest BCUT2D eigenvalue weighted by molar-refractivity contribution is 5.84. The molecule has 0 bridgehead atoms. The van der Waals surface area contributed by atoms with E-state index in [1.807, 2.05) is 37.3 Å². The summed E-state index contributed by atoms with van der Waals surface area (Å²) in [5, 5.41) is 1.01. The van der Waals surface area contributed by atoms with Crippen LogP contribution in [-0.4, -0.2) is 18.4 Å². The summed E-state index contributed by atoms with van der Waals surface area (Å²) in [7, 11) is 0. The van der Waals surface area contributed by atoms with Gasteiger partial charge >= 0.3 is 0 Å². The number of ether oxygens (including phenoxy) is 2. The van der Waals surface area contributed by atoms with Crippen LogP contribution in [0.1, 0.15) is 6.92 Å². The predicted molar refractivity (Wildman–Crippen MR) is 58.9 cm³/mol. The molecule has 78 valence electrons. The Kier molecular flexibility index (Phi) is 3.15. The molecule has 0 radical (unpaired) electrons. The molecule has 2 aromatic rings. The first-order valence-corrected chi connectivity index (χ1v) is 4.96. The van der Waals surface area contributed by atoms with Crippen molar-refractivity contribution in [2.75, 3.05) is 13.4 Å². The molecule has 3 nitrogen and oxygen atoms in total. The molecule has 0 saturated heterocycles. The predicted octanol–water partition coefficient (Wildman–Crippen LogP) is 2.61. The fourth-order valence-electron chi connectivity index (χ4n) is 1.39. The third-order valence-corrected chi connectivity index (χ3v) is 2.11. The molecule has 0 saturated carbocycles. The number of fused-ring (bicyclic) bond motifs is 1. The Morgan fingerprint density at radius 2 is 2.13 bits per heavy atom. The summed E-state index contributed by atoms with van der Waals surface area (Å²) in [6.07, 6.45) is 1.77. The average molecular weight is 203 g/mol. The number of aromatic nitrogens is 1. The number of benzene rings is 1. The maximum absolute atomic E-state index is 5.50. The molecular weight excluding hydrogens is 190 g/mol. The highest BCUT2D eigenvalue weighted by atomic mass is 16.7. The molecule has 1 aromatic heterocycles. The van der Waals surface area contributed by atoms with E-state index < -0.39 is 0 Å². The van der Waals surface area contributed by atoms with Gasteiger partial charge in [-0.3, -0.25) is 4.98 Å². The van der Waals surface area contributed by atoms with Gasteiger partial charge in [-0.15, -0.1) is 0 Å². The lowest BCUT2D eigenvalue weighted by Gasteiger charge is -2.08. The van der Waals surface area contributed by atoms with Gasteiger partial charge in [0.25, 0.3) is 0 Å². The molecule has 2 rings (SSSR count). The molecule has 0 atom stereocenters. The van der Waals surface area contributed by atoms with Crippen LogP contribution >= 0.6 is 0 Å². The van der Waals surface area contributed by atoms with Gasteiger partial charge < -0.3 is 9.47 Å². The minimum atomic E-state index is 0.282. The highest BCUT2D eigenvalue weighted by Crippen LogP contribution is 2.23. The molecule has 1 aromatic carbocycles. The first-order chi connectivity index (χ1) is 7.42. The molecule has 1 heterocycles. The lowest BCUT2D eigenvalue weighted by atomic mass is 10.2. The second-order valence-corrected chi connectivity index (χ2v) is 3.08. The van der Waals surface area contributed by atoms with Crippen molar-refractivity contribution in [1.82, 2.24) is 4.98 Å². The van der Waals surface area contributed by atoms with E-state index >= 15 is 0 Å². The molecule has 0 unspecified atom stereocenters. The monoisotopic (exact) mass is 203 g/mol. The summed E-state index contributed by atoms with van der Waals surface area (Å²) < 4.78 is 10.6. The minimum Gasteiger partial charge on any atom is -0.467 e. The topological polar surface area (TPSA) is 31.4 Å². The van der Waals surface area contributed by atoms with E-state index in [1.54, 1.807) is 6.20 Å². The van der Waals surface area contributed by atoms with Crippen LogP contribution in [0.4, 0.5) is 0 Å². The van der Waals surface area contributed by atoms with Gasteiger partial charge in [0.1, 0.15) is 5.75 Å². The number of rotatable bonds is 4. The minimum absolute atomic E-state index is 0.282. The standard InChI is InChI=1S/C12H13NO2/c1-2-14-9-15-12-7-3-6-11-10(12)5-4-8-13-11/h3-8H,2,9H2,1H3. The van der Waals surface area contributed by atoms with E-state index in [2.05, 4.69) is 4.98 Å². The van der Waals surface area contributed by atoms with E-state index in [0.717, 1.165) is 16.7 Å². The Morgan fingerprint density at radius 1 is 1.20 bits per heavy atom. The van der Waals surface area contributed by atoms with Crippen LogP contribution in [0.15, 0.2) is 36.5 Å². The summed E-state index contributed by atoms with van der Waals surface area (Å²) in [6.45, 7) is 2.88. The molecule has 0 aliphatic heterocycles. The number of hydrogen-bond donors (Lipinski definition) is 0. The maximum Gasteiger partial charge on any atom is 0.189 e. The normalized spacial score (nSPS) is 10.5. The molecule has 0 fully saturated rings. The lowest BCUT2D eigenvalue weighted by Crippen LogP contribution is -2.02. The van der Waals surface area contributed by atoms with Crippen molar-refractivity contribution in [2.45, 2.75) is 6.92 Å². The zero-order valence-electron chi connectivity index (χ0n) is 8.64. The van der Waals surface area contributed by atoms with E-state index in [0.29, 0.717) is 6.61 Å². The SMILES string of the molecule is CCOCOc1cccc2ncccc12. The van der Waals surface area contributed by atoms with Crippen LogP contribution in [0.25, 0.3) is 10.9 Å². The Bertz CT molecular complexity index is 437. The summed E-state index contributed by atoms with van der Waals surface area (Å²) >= 11 is 0. The van der Waals surface area contributed by atoms with Gasteiger partial charge in [-0.1, -0.05) is 6.07 Å². The summed E-state index contributed by atoms with van der Waals surface area (Å²) in [5.41, 5.74) is 0.937. The zero-order chi connectivity index (χ0) is 10.5. The van der Waals surface area contributed by atoms with Crippen molar-refractivity contribution >= 4 is 10.9 Å². The van der Waals surface area contributed by atoms with E-state index in [-0.39, 0.29) is 6.79 Å². The molecular formula is C12H13NO2. The Hall–Kier alpha value is -1.61. The van der Waals surface area contributed by atoms with E-state index in [4.69, 9.17) is 9.47 Å². The van der Waals surface area contributed by atoms with Crippen LogP contribution in [0, 0.1) is 0 Å². The second-order valence-electron chi connectivity index (χ2n) is 3.08. The Balaban J connectivity index is 2.26. The molecule has 0 spiro atoms. The van der Waals surface area contributed by atoms with Crippen molar-refractivity contribution in [3.63, 3.8) is 0 Å². The molecule has 3 heteroatoms. The van der Waals surface area contributed by atoms with Crippen LogP contribution in [0.3, 0.4) is 0 Å². The first kappa shape index (κ1) is 9.93. The fourth-order valence-corrected chi connectivity index (χ4v) is 1.39. The van der Waals surface area contributed by atoms with Crippen LogP contribution in [0.2, 0.25) is 0 Å².